The van der Waals surface area contributed by atoms with Crippen LogP contribution in [0.3, 0.4) is 0 Å². The Morgan fingerprint density at radius 1 is 1.17 bits per heavy atom. The monoisotopic (exact) mass is 165 g/mol. The number of hydrogen-bond donors (Lipinski definition) is 1. The first-order chi connectivity index (χ1) is 5.61. The van der Waals surface area contributed by atoms with Gasteiger partial charge in [0.2, 0.25) is 0 Å². The van der Waals surface area contributed by atoms with Gasteiger partial charge in [-0.15, -0.1) is 0 Å². The van der Waals surface area contributed by atoms with Crippen molar-refractivity contribution in [2.75, 3.05) is 0 Å². The van der Waals surface area contributed by atoms with E-state index in [4.69, 9.17) is 5.73 Å². The Morgan fingerprint density at radius 2 is 1.75 bits per heavy atom. The summed E-state index contributed by atoms with van der Waals surface area (Å²) < 4.78 is 0. The van der Waals surface area contributed by atoms with Crippen LogP contribution in [0.15, 0.2) is 12.4 Å². The average Bonchev–Trinajstić information content (AvgIpc) is 2.04. The summed E-state index contributed by atoms with van der Waals surface area (Å²) in [5, 5.41) is 0. The number of nitrogens with two attached hydrogens (primary N) is 1. The minimum Gasteiger partial charge on any atom is -0.323 e. The lowest BCUT2D eigenvalue weighted by molar-refractivity contribution is 0.745. The van der Waals surface area contributed by atoms with Gasteiger partial charge in [-0.05, 0) is 18.9 Å². The Bertz CT molecular complexity index is 232. The van der Waals surface area contributed by atoms with Crippen molar-refractivity contribution >= 4 is 0 Å². The maximum Gasteiger partial charge on any atom is 0.116 e. The quantitative estimate of drug-likeness (QED) is 0.724. The van der Waals surface area contributed by atoms with E-state index in [2.05, 4.69) is 23.8 Å². The number of nitrogens with zero attached hydrogens (tertiary/aromatic N) is 2. The summed E-state index contributed by atoms with van der Waals surface area (Å²) in [5.74, 6) is 0.436. The lowest BCUT2D eigenvalue weighted by Crippen LogP contribution is -2.08. The number of hydrogen-bond acceptors (Lipinski definition) is 3. The third kappa shape index (κ3) is 2.01. The molecule has 0 radical (unpaired) electrons. The second kappa shape index (κ2) is 3.63. The van der Waals surface area contributed by atoms with Crippen LogP contribution >= 0.6 is 0 Å². The molecule has 0 bridgehead atoms. The lowest BCUT2D eigenvalue weighted by atomic mass is 10.1. The predicted molar refractivity (Wildman–Crippen MR) is 48.7 cm³/mol. The standard InChI is InChI=1S/C9H15N3/c1-6(2)8-4-9(7(3)10)12-5-11-8/h4-7H,10H2,1-3H3/t7-/m1/s1. The van der Waals surface area contributed by atoms with Crippen LogP contribution in [0.25, 0.3) is 0 Å². The largest absolute Gasteiger partial charge is 0.323 e. The molecule has 0 aromatic carbocycles. The van der Waals surface area contributed by atoms with Gasteiger partial charge in [-0.1, -0.05) is 13.8 Å². The van der Waals surface area contributed by atoms with Crippen molar-refractivity contribution in [3.63, 3.8) is 0 Å². The molecular formula is C9H15N3. The zero-order chi connectivity index (χ0) is 9.14. The third-order valence-corrected chi connectivity index (χ3v) is 1.77. The molecule has 12 heavy (non-hydrogen) atoms. The summed E-state index contributed by atoms with van der Waals surface area (Å²) in [6.07, 6.45) is 1.58. The molecule has 1 aromatic rings. The molecule has 0 saturated heterocycles. The van der Waals surface area contributed by atoms with Gasteiger partial charge in [-0.2, -0.15) is 0 Å². The second-order valence-electron chi connectivity index (χ2n) is 3.31. The smallest absolute Gasteiger partial charge is 0.116 e. The van der Waals surface area contributed by atoms with E-state index < -0.39 is 0 Å². The van der Waals surface area contributed by atoms with E-state index in [-0.39, 0.29) is 6.04 Å². The number of rotatable bonds is 2. The summed E-state index contributed by atoms with van der Waals surface area (Å²) in [4.78, 5) is 8.24. The fourth-order valence-corrected chi connectivity index (χ4v) is 0.953. The molecule has 1 rings (SSSR count). The van der Waals surface area contributed by atoms with Gasteiger partial charge in [0.05, 0.1) is 5.69 Å². The van der Waals surface area contributed by atoms with E-state index in [0.29, 0.717) is 5.92 Å². The maximum atomic E-state index is 5.69. The van der Waals surface area contributed by atoms with Crippen molar-refractivity contribution in [1.29, 1.82) is 0 Å². The maximum absolute atomic E-state index is 5.69. The summed E-state index contributed by atoms with van der Waals surface area (Å²) in [7, 11) is 0. The summed E-state index contributed by atoms with van der Waals surface area (Å²) in [6.45, 7) is 6.13. The molecule has 3 heteroatoms. The van der Waals surface area contributed by atoms with Gasteiger partial charge in [0, 0.05) is 11.7 Å². The van der Waals surface area contributed by atoms with Gasteiger partial charge in [0.25, 0.3) is 0 Å². The van der Waals surface area contributed by atoms with Crippen molar-refractivity contribution in [1.82, 2.24) is 9.97 Å². The van der Waals surface area contributed by atoms with Gasteiger partial charge in [-0.3, -0.25) is 0 Å². The fourth-order valence-electron chi connectivity index (χ4n) is 0.953. The highest BCUT2D eigenvalue weighted by molar-refractivity contribution is 5.13. The molecule has 1 heterocycles. The van der Waals surface area contributed by atoms with E-state index in [1.165, 1.54) is 0 Å². The van der Waals surface area contributed by atoms with Crippen LogP contribution in [-0.4, -0.2) is 9.97 Å². The zero-order valence-corrected chi connectivity index (χ0v) is 7.78. The Balaban J connectivity index is 2.96. The first-order valence-electron chi connectivity index (χ1n) is 4.18. The second-order valence-corrected chi connectivity index (χ2v) is 3.31. The normalized spacial score (nSPS) is 13.4. The van der Waals surface area contributed by atoms with Gasteiger partial charge < -0.3 is 5.73 Å². The molecule has 3 nitrogen and oxygen atoms in total. The Labute approximate surface area is 73.0 Å². The molecule has 0 unspecified atom stereocenters. The topological polar surface area (TPSA) is 51.8 Å². The first kappa shape index (κ1) is 9.13. The van der Waals surface area contributed by atoms with Crippen LogP contribution in [0, 0.1) is 0 Å². The van der Waals surface area contributed by atoms with Crippen LogP contribution in [0.4, 0.5) is 0 Å². The van der Waals surface area contributed by atoms with Crippen molar-refractivity contribution in [3.8, 4) is 0 Å². The summed E-state index contributed by atoms with van der Waals surface area (Å²) in [5.41, 5.74) is 7.66. The molecule has 1 atom stereocenters. The Kier molecular flexibility index (Phi) is 2.76. The van der Waals surface area contributed by atoms with Crippen molar-refractivity contribution in [2.24, 2.45) is 5.73 Å². The minimum atomic E-state index is -0.00880. The summed E-state index contributed by atoms with van der Waals surface area (Å²) >= 11 is 0. The molecule has 0 aliphatic rings. The molecule has 1 aromatic heterocycles. The van der Waals surface area contributed by atoms with Gasteiger partial charge in [0.1, 0.15) is 6.33 Å². The van der Waals surface area contributed by atoms with E-state index in [1.54, 1.807) is 6.33 Å². The van der Waals surface area contributed by atoms with E-state index in [9.17, 15) is 0 Å². The van der Waals surface area contributed by atoms with Crippen molar-refractivity contribution in [2.45, 2.75) is 32.7 Å². The molecular weight excluding hydrogens is 150 g/mol. The molecule has 0 fully saturated rings. The predicted octanol–water partition coefficient (Wildman–Crippen LogP) is 1.62. The highest BCUT2D eigenvalue weighted by Gasteiger charge is 2.05. The molecule has 66 valence electrons. The minimum absolute atomic E-state index is 0.00880. The highest BCUT2D eigenvalue weighted by atomic mass is 14.9. The fraction of sp³-hybridized carbons (Fsp3) is 0.556. The third-order valence-electron chi connectivity index (χ3n) is 1.77. The highest BCUT2D eigenvalue weighted by Crippen LogP contribution is 2.13. The van der Waals surface area contributed by atoms with Crippen LogP contribution in [0.5, 0.6) is 0 Å². The van der Waals surface area contributed by atoms with E-state index >= 15 is 0 Å². The number of aromatic nitrogens is 2. The van der Waals surface area contributed by atoms with Gasteiger partial charge in [0.15, 0.2) is 0 Å². The van der Waals surface area contributed by atoms with E-state index in [1.807, 2.05) is 13.0 Å². The molecule has 0 spiro atoms. The average molecular weight is 165 g/mol. The van der Waals surface area contributed by atoms with Crippen molar-refractivity contribution in [3.05, 3.63) is 23.8 Å². The van der Waals surface area contributed by atoms with Crippen LogP contribution < -0.4 is 5.73 Å². The van der Waals surface area contributed by atoms with Crippen LogP contribution in [-0.2, 0) is 0 Å². The molecule has 0 aliphatic carbocycles. The Hall–Kier alpha value is -0.960. The Morgan fingerprint density at radius 3 is 2.25 bits per heavy atom. The molecule has 0 saturated carbocycles. The van der Waals surface area contributed by atoms with Crippen LogP contribution in [0.1, 0.15) is 44.1 Å². The van der Waals surface area contributed by atoms with E-state index in [0.717, 1.165) is 11.4 Å². The molecule has 0 amide bonds. The van der Waals surface area contributed by atoms with Gasteiger partial charge >= 0.3 is 0 Å². The van der Waals surface area contributed by atoms with Crippen molar-refractivity contribution < 1.29 is 0 Å². The first-order valence-corrected chi connectivity index (χ1v) is 4.18. The van der Waals surface area contributed by atoms with Crippen LogP contribution in [0.2, 0.25) is 0 Å². The lowest BCUT2D eigenvalue weighted by Gasteiger charge is -2.07. The zero-order valence-electron chi connectivity index (χ0n) is 7.78. The molecule has 0 aliphatic heterocycles. The van der Waals surface area contributed by atoms with Gasteiger partial charge in [-0.25, -0.2) is 9.97 Å². The summed E-state index contributed by atoms with van der Waals surface area (Å²) in [6, 6.07) is 1.96. The molecule has 2 N–H and O–H groups in total. The SMILES string of the molecule is CC(C)c1cc([C@@H](C)N)ncn1.